The molecular formula is C17H25N3O. The summed E-state index contributed by atoms with van der Waals surface area (Å²) in [5, 5.41) is 0. The Morgan fingerprint density at radius 2 is 2.19 bits per heavy atom. The first-order chi connectivity index (χ1) is 10.1. The number of rotatable bonds is 4. The monoisotopic (exact) mass is 287 g/mol. The van der Waals surface area contributed by atoms with Gasteiger partial charge in [-0.3, -0.25) is 4.90 Å². The summed E-state index contributed by atoms with van der Waals surface area (Å²) < 4.78 is 5.84. The molecule has 1 fully saturated rings. The van der Waals surface area contributed by atoms with Crippen molar-refractivity contribution in [1.82, 2.24) is 14.9 Å². The number of nitrogens with zero attached hydrogens (tertiary/aromatic N) is 2. The third-order valence-corrected chi connectivity index (χ3v) is 4.38. The highest BCUT2D eigenvalue weighted by Crippen LogP contribution is 2.28. The zero-order valence-corrected chi connectivity index (χ0v) is 13.2. The molecule has 1 aromatic heterocycles. The molecule has 0 spiro atoms. The molecule has 0 aliphatic carbocycles. The van der Waals surface area contributed by atoms with E-state index in [4.69, 9.17) is 9.72 Å². The quantitative estimate of drug-likeness (QED) is 0.937. The molecule has 21 heavy (non-hydrogen) atoms. The summed E-state index contributed by atoms with van der Waals surface area (Å²) in [6.07, 6.45) is 2.19. The van der Waals surface area contributed by atoms with Crippen molar-refractivity contribution < 1.29 is 4.74 Å². The van der Waals surface area contributed by atoms with Crippen LogP contribution in [-0.2, 0) is 11.3 Å². The lowest BCUT2D eigenvalue weighted by molar-refractivity contribution is -0.0841. The van der Waals surface area contributed by atoms with E-state index in [9.17, 15) is 0 Å². The number of para-hydroxylation sites is 2. The van der Waals surface area contributed by atoms with Gasteiger partial charge in [0.25, 0.3) is 0 Å². The van der Waals surface area contributed by atoms with Crippen LogP contribution in [0.25, 0.3) is 11.0 Å². The Balaban J connectivity index is 1.74. The normalized spacial score (nSPS) is 22.0. The Morgan fingerprint density at radius 1 is 1.38 bits per heavy atom. The molecule has 0 unspecified atom stereocenters. The number of imidazole rings is 1. The zero-order valence-electron chi connectivity index (χ0n) is 13.2. The Morgan fingerprint density at radius 3 is 2.90 bits per heavy atom. The van der Waals surface area contributed by atoms with Gasteiger partial charge in [0.1, 0.15) is 5.82 Å². The third-order valence-electron chi connectivity index (χ3n) is 4.38. The van der Waals surface area contributed by atoms with Crippen molar-refractivity contribution in [2.24, 2.45) is 0 Å². The minimum Gasteiger partial charge on any atom is -0.375 e. The summed E-state index contributed by atoms with van der Waals surface area (Å²) in [7, 11) is 0. The number of hydrogen-bond donors (Lipinski definition) is 1. The van der Waals surface area contributed by atoms with Gasteiger partial charge < -0.3 is 9.72 Å². The van der Waals surface area contributed by atoms with Gasteiger partial charge in [-0.05, 0) is 45.4 Å². The molecule has 114 valence electrons. The van der Waals surface area contributed by atoms with Gasteiger partial charge in [0.05, 0.1) is 23.2 Å². The second-order valence-corrected chi connectivity index (χ2v) is 6.52. The van der Waals surface area contributed by atoms with Gasteiger partial charge in [-0.25, -0.2) is 4.98 Å². The second-order valence-electron chi connectivity index (χ2n) is 6.52. The van der Waals surface area contributed by atoms with E-state index in [2.05, 4.69) is 42.8 Å². The second kappa shape index (κ2) is 5.78. The molecule has 3 rings (SSSR count). The van der Waals surface area contributed by atoms with E-state index < -0.39 is 0 Å². The van der Waals surface area contributed by atoms with Gasteiger partial charge in [0.2, 0.25) is 0 Å². The Hall–Kier alpha value is -1.39. The van der Waals surface area contributed by atoms with Crippen molar-refractivity contribution in [2.45, 2.75) is 51.8 Å². The molecule has 0 amide bonds. The molecule has 4 nitrogen and oxygen atoms in total. The Kier molecular flexibility index (Phi) is 4.00. The van der Waals surface area contributed by atoms with E-state index in [0.29, 0.717) is 6.04 Å². The number of ether oxygens (including phenoxy) is 1. The zero-order chi connectivity index (χ0) is 14.9. The summed E-state index contributed by atoms with van der Waals surface area (Å²) in [5.74, 6) is 1.06. The summed E-state index contributed by atoms with van der Waals surface area (Å²) in [5.41, 5.74) is 2.16. The number of aromatic amines is 1. The highest BCUT2D eigenvalue weighted by Gasteiger charge is 2.32. The van der Waals surface area contributed by atoms with Crippen LogP contribution >= 0.6 is 0 Å². The van der Waals surface area contributed by atoms with Crippen LogP contribution in [0.3, 0.4) is 0 Å². The number of H-pyrrole nitrogens is 1. The van der Waals surface area contributed by atoms with Crippen molar-refractivity contribution in [1.29, 1.82) is 0 Å². The van der Waals surface area contributed by atoms with Gasteiger partial charge in [-0.15, -0.1) is 0 Å². The largest absolute Gasteiger partial charge is 0.375 e. The van der Waals surface area contributed by atoms with Gasteiger partial charge in [0, 0.05) is 12.6 Å². The van der Waals surface area contributed by atoms with Crippen LogP contribution in [-0.4, -0.2) is 39.7 Å². The fourth-order valence-electron chi connectivity index (χ4n) is 3.28. The van der Waals surface area contributed by atoms with Crippen LogP contribution in [0.4, 0.5) is 0 Å². The van der Waals surface area contributed by atoms with Crippen LogP contribution in [0.1, 0.15) is 39.4 Å². The average Bonchev–Trinajstić information content (AvgIpc) is 2.86. The first kappa shape index (κ1) is 14.5. The summed E-state index contributed by atoms with van der Waals surface area (Å²) >= 11 is 0. The maximum Gasteiger partial charge on any atom is 0.121 e. The predicted molar refractivity (Wildman–Crippen MR) is 85.2 cm³/mol. The van der Waals surface area contributed by atoms with E-state index in [1.165, 1.54) is 0 Å². The predicted octanol–water partition coefficient (Wildman–Crippen LogP) is 3.34. The number of aromatic nitrogens is 2. The van der Waals surface area contributed by atoms with Crippen LogP contribution < -0.4 is 0 Å². The number of nitrogens with one attached hydrogen (secondary N) is 1. The van der Waals surface area contributed by atoms with Crippen LogP contribution in [0.5, 0.6) is 0 Å². The molecule has 1 aliphatic heterocycles. The first-order valence-corrected chi connectivity index (χ1v) is 7.89. The molecule has 1 aliphatic rings. The van der Waals surface area contributed by atoms with E-state index in [1.807, 2.05) is 12.1 Å². The maximum atomic E-state index is 5.84. The van der Waals surface area contributed by atoms with E-state index in [0.717, 1.165) is 49.4 Å². The summed E-state index contributed by atoms with van der Waals surface area (Å²) in [6, 6.07) is 8.80. The lowest BCUT2D eigenvalue weighted by Gasteiger charge is -2.40. The lowest BCUT2D eigenvalue weighted by atomic mass is 9.93. The van der Waals surface area contributed by atoms with Crippen LogP contribution in [0.15, 0.2) is 24.3 Å². The Labute approximate surface area is 126 Å². The Bertz CT molecular complexity index is 572. The lowest BCUT2D eigenvalue weighted by Crippen LogP contribution is -2.45. The SMILES string of the molecule is CCN(Cc1nc2ccccc2[nH]1)[C@@H]1CCOC(C)(C)C1. The highest BCUT2D eigenvalue weighted by molar-refractivity contribution is 5.74. The minimum absolute atomic E-state index is 0.00971. The molecule has 1 saturated heterocycles. The fraction of sp³-hybridized carbons (Fsp3) is 0.588. The van der Waals surface area contributed by atoms with Gasteiger partial charge >= 0.3 is 0 Å². The molecule has 0 bridgehead atoms. The van der Waals surface area contributed by atoms with Crippen molar-refractivity contribution >= 4 is 11.0 Å². The van der Waals surface area contributed by atoms with Crippen molar-refractivity contribution in [2.75, 3.05) is 13.2 Å². The molecule has 0 saturated carbocycles. The molecule has 1 aromatic carbocycles. The molecule has 0 radical (unpaired) electrons. The van der Waals surface area contributed by atoms with E-state index >= 15 is 0 Å². The molecule has 2 heterocycles. The van der Waals surface area contributed by atoms with Crippen LogP contribution in [0.2, 0.25) is 0 Å². The molecule has 1 atom stereocenters. The fourth-order valence-corrected chi connectivity index (χ4v) is 3.28. The van der Waals surface area contributed by atoms with Gasteiger partial charge in [-0.2, -0.15) is 0 Å². The van der Waals surface area contributed by atoms with Crippen molar-refractivity contribution in [3.05, 3.63) is 30.1 Å². The molecule has 2 aromatic rings. The highest BCUT2D eigenvalue weighted by atomic mass is 16.5. The molecule has 1 N–H and O–H groups in total. The van der Waals surface area contributed by atoms with E-state index in [-0.39, 0.29) is 5.60 Å². The average molecular weight is 287 g/mol. The molecule has 4 heteroatoms. The maximum absolute atomic E-state index is 5.84. The summed E-state index contributed by atoms with van der Waals surface area (Å²) in [4.78, 5) is 10.7. The third kappa shape index (κ3) is 3.27. The topological polar surface area (TPSA) is 41.2 Å². The smallest absolute Gasteiger partial charge is 0.121 e. The van der Waals surface area contributed by atoms with Gasteiger partial charge in [0.15, 0.2) is 0 Å². The van der Waals surface area contributed by atoms with Crippen LogP contribution in [0, 0.1) is 0 Å². The van der Waals surface area contributed by atoms with Crippen molar-refractivity contribution in [3.8, 4) is 0 Å². The molecular weight excluding hydrogens is 262 g/mol. The number of fused-ring (bicyclic) bond motifs is 1. The summed E-state index contributed by atoms with van der Waals surface area (Å²) in [6.45, 7) is 9.38. The van der Waals surface area contributed by atoms with E-state index in [1.54, 1.807) is 0 Å². The minimum atomic E-state index is -0.00971. The van der Waals surface area contributed by atoms with Crippen molar-refractivity contribution in [3.63, 3.8) is 0 Å². The first-order valence-electron chi connectivity index (χ1n) is 7.89. The number of benzene rings is 1. The standard InChI is InChI=1S/C17H25N3O/c1-4-20(13-9-10-21-17(2,3)11-13)12-16-18-14-7-5-6-8-15(14)19-16/h5-8,13H,4,9-12H2,1-3H3,(H,18,19)/t13-/m1/s1. The number of hydrogen-bond acceptors (Lipinski definition) is 3. The van der Waals surface area contributed by atoms with Gasteiger partial charge in [-0.1, -0.05) is 19.1 Å².